The van der Waals surface area contributed by atoms with Crippen LogP contribution in [-0.4, -0.2) is 22.8 Å². The molecule has 0 radical (unpaired) electrons. The van der Waals surface area contributed by atoms with Crippen molar-refractivity contribution in [1.82, 2.24) is 4.90 Å². The zero-order valence-electron chi connectivity index (χ0n) is 13.4. The molecular formula is C17H19N3O3. The second-order valence-corrected chi connectivity index (χ2v) is 5.48. The minimum atomic E-state index is -0.400. The number of rotatable bonds is 5. The fraction of sp³-hybridized carbons (Fsp3) is 0.235. The Morgan fingerprint density at radius 3 is 2.65 bits per heavy atom. The first-order chi connectivity index (χ1) is 10.9. The maximum Gasteiger partial charge on any atom is 0.292 e. The van der Waals surface area contributed by atoms with Gasteiger partial charge in [-0.05, 0) is 36.2 Å². The zero-order valence-corrected chi connectivity index (χ0v) is 13.4. The first kappa shape index (κ1) is 16.5. The summed E-state index contributed by atoms with van der Waals surface area (Å²) in [6.07, 6.45) is 0. The minimum Gasteiger partial charge on any atom is -0.350 e. The van der Waals surface area contributed by atoms with Crippen molar-refractivity contribution < 1.29 is 9.72 Å². The molecule has 0 saturated heterocycles. The van der Waals surface area contributed by atoms with Gasteiger partial charge in [0.05, 0.1) is 4.92 Å². The summed E-state index contributed by atoms with van der Waals surface area (Å²) >= 11 is 0. The minimum absolute atomic E-state index is 0.0162. The maximum absolute atomic E-state index is 11.3. The van der Waals surface area contributed by atoms with Gasteiger partial charge >= 0.3 is 0 Å². The molecule has 0 heterocycles. The highest BCUT2D eigenvalue weighted by Gasteiger charge is 2.14. The van der Waals surface area contributed by atoms with Crippen molar-refractivity contribution in [2.24, 2.45) is 0 Å². The van der Waals surface area contributed by atoms with Gasteiger partial charge < -0.3 is 10.2 Å². The van der Waals surface area contributed by atoms with Crippen LogP contribution in [0.4, 0.5) is 17.1 Å². The predicted molar refractivity (Wildman–Crippen MR) is 89.7 cm³/mol. The highest BCUT2D eigenvalue weighted by molar-refractivity contribution is 5.73. The van der Waals surface area contributed by atoms with E-state index in [-0.39, 0.29) is 11.6 Å². The van der Waals surface area contributed by atoms with Crippen LogP contribution in [0.3, 0.4) is 0 Å². The van der Waals surface area contributed by atoms with Crippen molar-refractivity contribution in [2.75, 3.05) is 12.4 Å². The largest absolute Gasteiger partial charge is 0.350 e. The van der Waals surface area contributed by atoms with Gasteiger partial charge in [-0.15, -0.1) is 0 Å². The number of carbonyl (C=O) groups is 1. The van der Waals surface area contributed by atoms with Gasteiger partial charge in [0.15, 0.2) is 0 Å². The third kappa shape index (κ3) is 4.29. The molecule has 1 amide bonds. The van der Waals surface area contributed by atoms with Crippen LogP contribution in [0.2, 0.25) is 0 Å². The summed E-state index contributed by atoms with van der Waals surface area (Å²) in [5, 5.41) is 14.3. The van der Waals surface area contributed by atoms with E-state index in [2.05, 4.69) is 5.32 Å². The highest BCUT2D eigenvalue weighted by Crippen LogP contribution is 2.28. The smallest absolute Gasteiger partial charge is 0.292 e. The third-order valence-corrected chi connectivity index (χ3v) is 3.51. The second kappa shape index (κ2) is 6.91. The lowest BCUT2D eigenvalue weighted by Gasteiger charge is -2.15. The molecule has 0 fully saturated rings. The Morgan fingerprint density at radius 1 is 1.26 bits per heavy atom. The van der Waals surface area contributed by atoms with Gasteiger partial charge in [-0.1, -0.05) is 18.2 Å². The molecule has 0 saturated carbocycles. The van der Waals surface area contributed by atoms with Gasteiger partial charge in [-0.25, -0.2) is 0 Å². The Kier molecular flexibility index (Phi) is 4.95. The van der Waals surface area contributed by atoms with E-state index in [9.17, 15) is 14.9 Å². The molecule has 2 rings (SSSR count). The number of hydrogen-bond acceptors (Lipinski definition) is 4. The van der Waals surface area contributed by atoms with Gasteiger partial charge in [0, 0.05) is 32.3 Å². The van der Waals surface area contributed by atoms with Crippen LogP contribution in [0.15, 0.2) is 42.5 Å². The molecule has 1 N–H and O–H groups in total. The highest BCUT2D eigenvalue weighted by atomic mass is 16.6. The van der Waals surface area contributed by atoms with Crippen molar-refractivity contribution in [2.45, 2.75) is 20.4 Å². The molecule has 6 heteroatoms. The lowest BCUT2D eigenvalue weighted by Crippen LogP contribution is -2.22. The van der Waals surface area contributed by atoms with Gasteiger partial charge in [0.1, 0.15) is 5.69 Å². The van der Waals surface area contributed by atoms with E-state index in [0.717, 1.165) is 16.8 Å². The number of carbonyl (C=O) groups excluding carboxylic acids is 1. The average molecular weight is 313 g/mol. The van der Waals surface area contributed by atoms with E-state index in [0.29, 0.717) is 12.2 Å². The summed E-state index contributed by atoms with van der Waals surface area (Å²) in [5.41, 5.74) is 3.00. The second-order valence-electron chi connectivity index (χ2n) is 5.48. The predicted octanol–water partition coefficient (Wildman–Crippen LogP) is 3.63. The van der Waals surface area contributed by atoms with Crippen LogP contribution >= 0.6 is 0 Å². The summed E-state index contributed by atoms with van der Waals surface area (Å²) < 4.78 is 0. The number of aryl methyl sites for hydroxylation is 1. The van der Waals surface area contributed by atoms with Gasteiger partial charge in [0.2, 0.25) is 5.91 Å². The molecule has 0 aliphatic carbocycles. The quantitative estimate of drug-likeness (QED) is 0.675. The summed E-state index contributed by atoms with van der Waals surface area (Å²) in [4.78, 5) is 23.7. The Bertz CT molecular complexity index is 744. The lowest BCUT2D eigenvalue weighted by molar-refractivity contribution is -0.384. The van der Waals surface area contributed by atoms with Crippen molar-refractivity contribution >= 4 is 23.0 Å². The van der Waals surface area contributed by atoms with Crippen LogP contribution < -0.4 is 5.32 Å². The molecule has 0 bridgehead atoms. The number of benzene rings is 2. The Morgan fingerprint density at radius 2 is 2.00 bits per heavy atom. The van der Waals surface area contributed by atoms with E-state index in [1.807, 2.05) is 37.3 Å². The monoisotopic (exact) mass is 313 g/mol. The number of nitrogens with zero attached hydrogens (tertiary/aromatic N) is 2. The zero-order chi connectivity index (χ0) is 17.0. The van der Waals surface area contributed by atoms with Crippen LogP contribution in [-0.2, 0) is 11.3 Å². The first-order valence-electron chi connectivity index (χ1n) is 7.19. The van der Waals surface area contributed by atoms with Crippen molar-refractivity contribution in [3.8, 4) is 0 Å². The molecule has 0 spiro atoms. The van der Waals surface area contributed by atoms with E-state index in [4.69, 9.17) is 0 Å². The van der Waals surface area contributed by atoms with Gasteiger partial charge in [-0.3, -0.25) is 14.9 Å². The third-order valence-electron chi connectivity index (χ3n) is 3.51. The van der Waals surface area contributed by atoms with Crippen LogP contribution in [0.5, 0.6) is 0 Å². The van der Waals surface area contributed by atoms with Gasteiger partial charge in [0.25, 0.3) is 5.69 Å². The molecule has 120 valence electrons. The Labute approximate surface area is 134 Å². The number of nitro benzene ring substituents is 1. The molecule has 0 unspecified atom stereocenters. The maximum atomic E-state index is 11.3. The SMILES string of the molecule is CC(=O)N(C)Cc1cccc(Nc2ccc(C)cc2[N+](=O)[O-])c1. The van der Waals surface area contributed by atoms with E-state index < -0.39 is 4.92 Å². The normalized spacial score (nSPS) is 10.2. The Hall–Kier alpha value is -2.89. The average Bonchev–Trinajstić information content (AvgIpc) is 2.49. The van der Waals surface area contributed by atoms with Crippen LogP contribution in [0.1, 0.15) is 18.1 Å². The molecule has 0 aliphatic heterocycles. The van der Waals surface area contributed by atoms with Gasteiger partial charge in [-0.2, -0.15) is 0 Å². The fourth-order valence-corrected chi connectivity index (χ4v) is 2.19. The summed E-state index contributed by atoms with van der Waals surface area (Å²) in [5.74, 6) is -0.0162. The number of amides is 1. The molecule has 2 aromatic carbocycles. The van der Waals surface area contributed by atoms with E-state index >= 15 is 0 Å². The van der Waals surface area contributed by atoms with Crippen molar-refractivity contribution in [3.05, 3.63) is 63.7 Å². The molecule has 0 aliphatic rings. The number of hydrogen-bond donors (Lipinski definition) is 1. The standard InChI is InChI=1S/C17H19N3O3/c1-12-7-8-16(17(9-12)20(22)23)18-15-6-4-5-14(10-15)11-19(3)13(2)21/h4-10,18H,11H2,1-3H3. The fourth-order valence-electron chi connectivity index (χ4n) is 2.19. The lowest BCUT2D eigenvalue weighted by atomic mass is 10.1. The number of nitrogens with one attached hydrogen (secondary N) is 1. The van der Waals surface area contributed by atoms with Crippen LogP contribution in [0, 0.1) is 17.0 Å². The summed E-state index contributed by atoms with van der Waals surface area (Å²) in [7, 11) is 1.73. The van der Waals surface area contributed by atoms with Crippen LogP contribution in [0.25, 0.3) is 0 Å². The molecule has 2 aromatic rings. The molecule has 23 heavy (non-hydrogen) atoms. The summed E-state index contributed by atoms with van der Waals surface area (Å²) in [6.45, 7) is 3.81. The number of anilines is 2. The van der Waals surface area contributed by atoms with Crippen molar-refractivity contribution in [1.29, 1.82) is 0 Å². The first-order valence-corrected chi connectivity index (χ1v) is 7.19. The van der Waals surface area contributed by atoms with E-state index in [1.165, 1.54) is 13.0 Å². The summed E-state index contributed by atoms with van der Waals surface area (Å²) in [6, 6.07) is 12.5. The molecule has 0 aromatic heterocycles. The topological polar surface area (TPSA) is 75.5 Å². The van der Waals surface area contributed by atoms with E-state index in [1.54, 1.807) is 18.0 Å². The molecule has 6 nitrogen and oxygen atoms in total. The molecular weight excluding hydrogens is 294 g/mol. The molecule has 0 atom stereocenters. The Balaban J connectivity index is 2.24. The van der Waals surface area contributed by atoms with Crippen molar-refractivity contribution in [3.63, 3.8) is 0 Å². The number of nitro groups is 1.